The van der Waals surface area contributed by atoms with Crippen LogP contribution in [-0.2, 0) is 16.0 Å². The Labute approximate surface area is 128 Å². The first-order chi connectivity index (χ1) is 10.2. The van der Waals surface area contributed by atoms with Gasteiger partial charge in [-0.3, -0.25) is 4.79 Å². The second kappa shape index (κ2) is 6.18. The minimum atomic E-state index is -0.849. The van der Waals surface area contributed by atoms with E-state index in [9.17, 15) is 14.7 Å². The minimum Gasteiger partial charge on any atom is -0.480 e. The Morgan fingerprint density at radius 2 is 2.05 bits per heavy atom. The Morgan fingerprint density at radius 1 is 1.24 bits per heavy atom. The lowest BCUT2D eigenvalue weighted by atomic mass is 9.76. The molecule has 0 aromatic carbocycles. The van der Waals surface area contributed by atoms with E-state index in [-0.39, 0.29) is 11.9 Å². The van der Waals surface area contributed by atoms with Crippen LogP contribution in [0, 0.1) is 5.92 Å². The van der Waals surface area contributed by atoms with Crippen LogP contribution in [0.2, 0.25) is 0 Å². The maximum absolute atomic E-state index is 12.7. The maximum atomic E-state index is 12.7. The topological polar surface area (TPSA) is 57.6 Å². The SMILES string of the molecule is O=C(O)C1CCC2CCCCC2N1C(=O)Cc1cccs1. The summed E-state index contributed by atoms with van der Waals surface area (Å²) in [5.41, 5.74) is 0. The van der Waals surface area contributed by atoms with Crippen molar-refractivity contribution >= 4 is 23.2 Å². The summed E-state index contributed by atoms with van der Waals surface area (Å²) < 4.78 is 0. The maximum Gasteiger partial charge on any atom is 0.326 e. The third-order valence-electron chi connectivity index (χ3n) is 4.85. The summed E-state index contributed by atoms with van der Waals surface area (Å²) >= 11 is 1.56. The van der Waals surface area contributed by atoms with Gasteiger partial charge in [-0.25, -0.2) is 4.79 Å². The first kappa shape index (κ1) is 14.6. The molecule has 1 aliphatic carbocycles. The van der Waals surface area contributed by atoms with Gasteiger partial charge in [-0.15, -0.1) is 11.3 Å². The molecule has 1 aromatic heterocycles. The Kier molecular flexibility index (Phi) is 4.29. The van der Waals surface area contributed by atoms with Crippen LogP contribution in [0.1, 0.15) is 43.4 Å². The van der Waals surface area contributed by atoms with E-state index >= 15 is 0 Å². The molecule has 3 atom stereocenters. The molecule has 2 aliphatic rings. The van der Waals surface area contributed by atoms with Crippen molar-refractivity contribution in [3.63, 3.8) is 0 Å². The molecule has 0 spiro atoms. The molecule has 4 nitrogen and oxygen atoms in total. The molecular weight excluding hydrogens is 286 g/mol. The third-order valence-corrected chi connectivity index (χ3v) is 5.73. The first-order valence-electron chi connectivity index (χ1n) is 7.73. The number of piperidine rings is 1. The van der Waals surface area contributed by atoms with Gasteiger partial charge in [-0.2, -0.15) is 0 Å². The van der Waals surface area contributed by atoms with Crippen molar-refractivity contribution in [1.29, 1.82) is 0 Å². The molecule has 114 valence electrons. The average Bonchev–Trinajstić information content (AvgIpc) is 2.98. The van der Waals surface area contributed by atoms with Gasteiger partial charge in [-0.05, 0) is 43.0 Å². The number of hydrogen-bond acceptors (Lipinski definition) is 3. The Balaban J connectivity index is 1.81. The lowest BCUT2D eigenvalue weighted by Crippen LogP contribution is -2.57. The highest BCUT2D eigenvalue weighted by Crippen LogP contribution is 2.38. The summed E-state index contributed by atoms with van der Waals surface area (Å²) in [6.45, 7) is 0. The lowest BCUT2D eigenvalue weighted by molar-refractivity contribution is -0.157. The number of thiophene rings is 1. The molecule has 21 heavy (non-hydrogen) atoms. The van der Waals surface area contributed by atoms with Crippen LogP contribution >= 0.6 is 11.3 Å². The van der Waals surface area contributed by atoms with Gasteiger partial charge in [0.15, 0.2) is 0 Å². The number of aliphatic carboxylic acids is 1. The number of carbonyl (C=O) groups excluding carboxylic acids is 1. The van der Waals surface area contributed by atoms with Crippen LogP contribution in [-0.4, -0.2) is 34.0 Å². The van der Waals surface area contributed by atoms with E-state index in [0.29, 0.717) is 18.8 Å². The molecule has 2 fully saturated rings. The van der Waals surface area contributed by atoms with E-state index in [1.165, 1.54) is 6.42 Å². The first-order valence-corrected chi connectivity index (χ1v) is 8.61. The van der Waals surface area contributed by atoms with Gasteiger partial charge < -0.3 is 10.0 Å². The zero-order valence-electron chi connectivity index (χ0n) is 12.0. The highest BCUT2D eigenvalue weighted by molar-refractivity contribution is 7.10. The standard InChI is InChI=1S/C16H21NO3S/c18-15(10-12-5-3-9-21-12)17-13-6-2-1-4-11(13)7-8-14(17)16(19)20/h3,5,9,11,13-14H,1-2,4,6-8,10H2,(H,19,20). The summed E-state index contributed by atoms with van der Waals surface area (Å²) in [6, 6.07) is 3.39. The summed E-state index contributed by atoms with van der Waals surface area (Å²) in [4.78, 5) is 27.0. The molecule has 0 bridgehead atoms. The van der Waals surface area contributed by atoms with Crippen LogP contribution in [0.15, 0.2) is 17.5 Å². The van der Waals surface area contributed by atoms with Gasteiger partial charge in [0.1, 0.15) is 6.04 Å². The monoisotopic (exact) mass is 307 g/mol. The number of nitrogens with zero attached hydrogens (tertiary/aromatic N) is 1. The summed E-state index contributed by atoms with van der Waals surface area (Å²) in [5.74, 6) is -0.360. The number of fused-ring (bicyclic) bond motifs is 1. The number of rotatable bonds is 3. The largest absolute Gasteiger partial charge is 0.480 e. The average molecular weight is 307 g/mol. The fourth-order valence-corrected chi connectivity index (χ4v) is 4.58. The van der Waals surface area contributed by atoms with Gasteiger partial charge in [-0.1, -0.05) is 18.9 Å². The van der Waals surface area contributed by atoms with Gasteiger partial charge >= 0.3 is 5.97 Å². The highest BCUT2D eigenvalue weighted by atomic mass is 32.1. The minimum absolute atomic E-state index is 0.0125. The van der Waals surface area contributed by atoms with Crippen LogP contribution in [0.5, 0.6) is 0 Å². The zero-order valence-corrected chi connectivity index (χ0v) is 12.8. The molecule has 2 heterocycles. The van der Waals surface area contributed by atoms with Crippen molar-refractivity contribution in [2.75, 3.05) is 0 Å². The smallest absolute Gasteiger partial charge is 0.326 e. The van der Waals surface area contributed by atoms with E-state index < -0.39 is 12.0 Å². The van der Waals surface area contributed by atoms with Crippen molar-refractivity contribution in [2.45, 2.75) is 57.0 Å². The number of likely N-dealkylation sites (tertiary alicyclic amines) is 1. The summed E-state index contributed by atoms with van der Waals surface area (Å²) in [7, 11) is 0. The summed E-state index contributed by atoms with van der Waals surface area (Å²) in [5, 5.41) is 11.4. The number of carbonyl (C=O) groups is 2. The second-order valence-electron chi connectivity index (χ2n) is 6.10. The van der Waals surface area contributed by atoms with E-state index in [0.717, 1.165) is 30.6 Å². The Hall–Kier alpha value is -1.36. The van der Waals surface area contributed by atoms with E-state index in [4.69, 9.17) is 0 Å². The van der Waals surface area contributed by atoms with Crippen molar-refractivity contribution in [3.8, 4) is 0 Å². The van der Waals surface area contributed by atoms with Crippen LogP contribution < -0.4 is 0 Å². The Bertz CT molecular complexity index is 514. The second-order valence-corrected chi connectivity index (χ2v) is 7.13. The van der Waals surface area contributed by atoms with Gasteiger partial charge in [0.05, 0.1) is 6.42 Å². The third kappa shape index (κ3) is 2.98. The lowest BCUT2D eigenvalue weighted by Gasteiger charge is -2.47. The van der Waals surface area contributed by atoms with Crippen molar-refractivity contribution < 1.29 is 14.7 Å². The number of carboxylic acid groups (broad SMARTS) is 1. The van der Waals surface area contributed by atoms with Crippen molar-refractivity contribution in [2.24, 2.45) is 5.92 Å². The normalized spacial score (nSPS) is 29.0. The fourth-order valence-electron chi connectivity index (χ4n) is 3.89. The number of amides is 1. The van der Waals surface area contributed by atoms with Crippen molar-refractivity contribution in [3.05, 3.63) is 22.4 Å². The molecule has 1 aromatic rings. The quantitative estimate of drug-likeness (QED) is 0.934. The number of carboxylic acids is 1. The van der Waals surface area contributed by atoms with Crippen LogP contribution in [0.4, 0.5) is 0 Å². The summed E-state index contributed by atoms with van der Waals surface area (Å²) in [6.07, 6.45) is 6.31. The van der Waals surface area contributed by atoms with Gasteiger partial charge in [0.2, 0.25) is 5.91 Å². The molecule has 1 saturated carbocycles. The fraction of sp³-hybridized carbons (Fsp3) is 0.625. The van der Waals surface area contributed by atoms with Gasteiger partial charge in [0.25, 0.3) is 0 Å². The molecule has 1 saturated heterocycles. The van der Waals surface area contributed by atoms with E-state index in [2.05, 4.69) is 0 Å². The predicted molar refractivity (Wildman–Crippen MR) is 81.3 cm³/mol. The molecule has 3 unspecified atom stereocenters. The molecule has 3 rings (SSSR count). The number of hydrogen-bond donors (Lipinski definition) is 1. The van der Waals surface area contributed by atoms with E-state index in [1.807, 2.05) is 17.5 Å². The van der Waals surface area contributed by atoms with E-state index in [1.54, 1.807) is 16.2 Å². The van der Waals surface area contributed by atoms with Crippen molar-refractivity contribution in [1.82, 2.24) is 4.90 Å². The molecule has 0 radical (unpaired) electrons. The van der Waals surface area contributed by atoms with Crippen LogP contribution in [0.3, 0.4) is 0 Å². The van der Waals surface area contributed by atoms with Gasteiger partial charge in [0, 0.05) is 10.9 Å². The zero-order chi connectivity index (χ0) is 14.8. The van der Waals surface area contributed by atoms with Crippen LogP contribution in [0.25, 0.3) is 0 Å². The molecule has 1 amide bonds. The molecular formula is C16H21NO3S. The molecule has 5 heteroatoms. The Morgan fingerprint density at radius 3 is 2.76 bits per heavy atom. The molecule has 1 N–H and O–H groups in total. The highest BCUT2D eigenvalue weighted by Gasteiger charge is 2.43. The predicted octanol–water partition coefficient (Wildman–Crippen LogP) is 2.93. The molecule has 1 aliphatic heterocycles.